The van der Waals surface area contributed by atoms with E-state index in [-0.39, 0.29) is 29.4 Å². The number of aliphatic hydroxyl groups excluding tert-OH is 1. The number of amides is 1. The van der Waals surface area contributed by atoms with Gasteiger partial charge in [-0.05, 0) is 31.4 Å². The Hall–Kier alpha value is -2.14. The molecule has 1 aromatic carbocycles. The molecule has 1 saturated heterocycles. The Balaban J connectivity index is 1.73. The van der Waals surface area contributed by atoms with Gasteiger partial charge >= 0.3 is 5.63 Å². The number of nitrogens with zero attached hydrogens (tertiary/aromatic N) is 1. The number of rotatable bonds is 1. The molecular weight excluding hydrogens is 306 g/mol. The number of likely N-dealkylation sites (tertiary alicyclic amines) is 1. The van der Waals surface area contributed by atoms with Crippen molar-refractivity contribution < 1.29 is 14.3 Å². The number of para-hydroxylation sites is 1. The van der Waals surface area contributed by atoms with Crippen LogP contribution < -0.4 is 5.63 Å². The molecule has 2 fully saturated rings. The highest BCUT2D eigenvalue weighted by Crippen LogP contribution is 2.35. The van der Waals surface area contributed by atoms with E-state index in [1.807, 2.05) is 12.1 Å². The van der Waals surface area contributed by atoms with Crippen LogP contribution in [-0.4, -0.2) is 35.1 Å². The number of benzene rings is 1. The summed E-state index contributed by atoms with van der Waals surface area (Å²) >= 11 is 0. The zero-order chi connectivity index (χ0) is 16.8. The maximum Gasteiger partial charge on any atom is 0.349 e. The molecule has 2 bridgehead atoms. The van der Waals surface area contributed by atoms with Crippen LogP contribution in [0.15, 0.2) is 33.5 Å². The Morgan fingerprint density at radius 2 is 1.88 bits per heavy atom. The first-order chi connectivity index (χ1) is 11.6. The molecule has 2 unspecified atom stereocenters. The molecule has 2 atom stereocenters. The van der Waals surface area contributed by atoms with Crippen LogP contribution >= 0.6 is 0 Å². The number of hydrogen-bond donors (Lipinski definition) is 1. The largest absolute Gasteiger partial charge is 0.422 e. The van der Waals surface area contributed by atoms with Crippen molar-refractivity contribution in [3.63, 3.8) is 0 Å². The molecule has 126 valence electrons. The van der Waals surface area contributed by atoms with Crippen LogP contribution in [0.2, 0.25) is 0 Å². The summed E-state index contributed by atoms with van der Waals surface area (Å²) in [6.07, 6.45) is 2.65. The number of carbonyl (C=O) groups excluding carboxylic acids is 1. The van der Waals surface area contributed by atoms with Crippen molar-refractivity contribution in [3.05, 3.63) is 45.8 Å². The van der Waals surface area contributed by atoms with Crippen molar-refractivity contribution in [3.8, 4) is 0 Å². The van der Waals surface area contributed by atoms with Gasteiger partial charge in [0.05, 0.1) is 6.10 Å². The molecule has 4 rings (SSSR count). The van der Waals surface area contributed by atoms with Gasteiger partial charge in [-0.3, -0.25) is 4.79 Å². The molecule has 5 nitrogen and oxygen atoms in total. The molecule has 2 heterocycles. The fourth-order valence-electron chi connectivity index (χ4n) is 4.28. The Morgan fingerprint density at radius 3 is 2.58 bits per heavy atom. The van der Waals surface area contributed by atoms with Crippen molar-refractivity contribution in [1.82, 2.24) is 4.90 Å². The van der Waals surface area contributed by atoms with Gasteiger partial charge in [-0.15, -0.1) is 0 Å². The molecule has 0 spiro atoms. The lowest BCUT2D eigenvalue weighted by molar-refractivity contribution is -0.0413. The predicted octanol–water partition coefficient (Wildman–Crippen LogP) is 2.33. The van der Waals surface area contributed by atoms with E-state index in [0.717, 1.165) is 24.6 Å². The first-order valence-corrected chi connectivity index (χ1v) is 8.56. The minimum absolute atomic E-state index is 0.120. The maximum atomic E-state index is 13.0. The maximum absolute atomic E-state index is 13.0. The fraction of sp³-hybridized carbons (Fsp3) is 0.474. The minimum atomic E-state index is -0.576. The highest BCUT2D eigenvalue weighted by Gasteiger charge is 2.40. The van der Waals surface area contributed by atoms with E-state index in [4.69, 9.17) is 4.42 Å². The van der Waals surface area contributed by atoms with Crippen LogP contribution in [0.3, 0.4) is 0 Å². The summed E-state index contributed by atoms with van der Waals surface area (Å²) in [5.41, 5.74) is 0.723. The molecule has 1 amide bonds. The van der Waals surface area contributed by atoms with E-state index < -0.39 is 5.63 Å². The summed E-state index contributed by atoms with van der Waals surface area (Å²) in [5, 5.41) is 11.1. The topological polar surface area (TPSA) is 70.8 Å². The van der Waals surface area contributed by atoms with Crippen LogP contribution in [0.5, 0.6) is 0 Å². The van der Waals surface area contributed by atoms with E-state index >= 15 is 0 Å². The molecule has 1 aliphatic carbocycles. The van der Waals surface area contributed by atoms with Gasteiger partial charge in [-0.1, -0.05) is 24.6 Å². The smallest absolute Gasteiger partial charge is 0.349 e. The number of aryl methyl sites for hydroxylation is 1. The zero-order valence-electron chi connectivity index (χ0n) is 13.7. The van der Waals surface area contributed by atoms with Crippen molar-refractivity contribution in [1.29, 1.82) is 0 Å². The minimum Gasteiger partial charge on any atom is -0.422 e. The van der Waals surface area contributed by atoms with Crippen molar-refractivity contribution in [2.75, 3.05) is 13.1 Å². The Morgan fingerprint density at radius 1 is 1.21 bits per heavy atom. The Kier molecular flexibility index (Phi) is 3.68. The Bertz CT molecular complexity index is 842. The summed E-state index contributed by atoms with van der Waals surface area (Å²) in [4.78, 5) is 27.1. The van der Waals surface area contributed by atoms with Gasteiger partial charge in [0, 0.05) is 30.3 Å². The first-order valence-electron chi connectivity index (χ1n) is 8.56. The normalized spacial score (nSPS) is 26.6. The second-order valence-corrected chi connectivity index (χ2v) is 7.04. The van der Waals surface area contributed by atoms with Crippen LogP contribution in [-0.2, 0) is 0 Å². The van der Waals surface area contributed by atoms with Gasteiger partial charge in [0.25, 0.3) is 5.91 Å². The van der Waals surface area contributed by atoms with Gasteiger partial charge in [-0.25, -0.2) is 4.79 Å². The molecule has 5 heteroatoms. The van der Waals surface area contributed by atoms with Gasteiger partial charge < -0.3 is 14.4 Å². The first kappa shape index (κ1) is 15.4. The summed E-state index contributed by atoms with van der Waals surface area (Å²) in [5.74, 6) is -0.0284. The number of carbonyl (C=O) groups is 1. The fourth-order valence-corrected chi connectivity index (χ4v) is 4.28. The lowest BCUT2D eigenvalue weighted by Gasteiger charge is -2.45. The number of piperidine rings is 1. The quantitative estimate of drug-likeness (QED) is 0.816. The summed E-state index contributed by atoms with van der Waals surface area (Å²) < 4.78 is 5.35. The van der Waals surface area contributed by atoms with E-state index in [1.165, 1.54) is 0 Å². The molecule has 24 heavy (non-hydrogen) atoms. The summed E-state index contributed by atoms with van der Waals surface area (Å²) in [7, 11) is 0. The molecule has 1 aromatic heterocycles. The van der Waals surface area contributed by atoms with Crippen molar-refractivity contribution in [2.45, 2.75) is 32.3 Å². The SMILES string of the molecule is Cc1c(C(=O)N2CC3CCCC(C2)C3O)c(=O)oc2ccccc12. The van der Waals surface area contributed by atoms with Crippen LogP contribution in [0, 0.1) is 18.8 Å². The number of fused-ring (bicyclic) bond motifs is 3. The number of aliphatic hydroxyl groups is 1. The van der Waals surface area contributed by atoms with E-state index in [1.54, 1.807) is 24.0 Å². The second-order valence-electron chi connectivity index (χ2n) is 7.04. The average molecular weight is 327 g/mol. The molecule has 2 aromatic rings. The van der Waals surface area contributed by atoms with Gasteiger partial charge in [0.15, 0.2) is 0 Å². The summed E-state index contributed by atoms with van der Waals surface area (Å²) in [6.45, 7) is 2.83. The second kappa shape index (κ2) is 5.74. The van der Waals surface area contributed by atoms with E-state index in [0.29, 0.717) is 24.2 Å². The molecule has 0 radical (unpaired) electrons. The highest BCUT2D eigenvalue weighted by molar-refractivity contribution is 5.99. The lowest BCUT2D eigenvalue weighted by Crippen LogP contribution is -2.53. The standard InChI is InChI=1S/C19H21NO4/c1-11-14-7-2-3-8-15(14)24-19(23)16(11)18(22)20-9-12-5-4-6-13(10-20)17(12)21/h2-3,7-8,12-13,17,21H,4-6,9-10H2,1H3. The molecule has 1 N–H and O–H groups in total. The highest BCUT2D eigenvalue weighted by atomic mass is 16.4. The third kappa shape index (κ3) is 2.35. The average Bonchev–Trinajstić information content (AvgIpc) is 2.54. The molecule has 1 saturated carbocycles. The lowest BCUT2D eigenvalue weighted by atomic mass is 9.75. The van der Waals surface area contributed by atoms with E-state index in [9.17, 15) is 14.7 Å². The molecular formula is C19H21NO4. The van der Waals surface area contributed by atoms with Crippen LogP contribution in [0.25, 0.3) is 11.0 Å². The van der Waals surface area contributed by atoms with Gasteiger partial charge in [0.2, 0.25) is 0 Å². The van der Waals surface area contributed by atoms with Crippen LogP contribution in [0.4, 0.5) is 0 Å². The molecule has 2 aliphatic rings. The van der Waals surface area contributed by atoms with Gasteiger partial charge in [0.1, 0.15) is 11.1 Å². The monoisotopic (exact) mass is 327 g/mol. The third-order valence-electron chi connectivity index (χ3n) is 5.60. The van der Waals surface area contributed by atoms with Crippen LogP contribution in [0.1, 0.15) is 35.2 Å². The molecule has 1 aliphatic heterocycles. The summed E-state index contributed by atoms with van der Waals surface area (Å²) in [6, 6.07) is 7.27. The van der Waals surface area contributed by atoms with Gasteiger partial charge in [-0.2, -0.15) is 0 Å². The van der Waals surface area contributed by atoms with Crippen molar-refractivity contribution >= 4 is 16.9 Å². The predicted molar refractivity (Wildman–Crippen MR) is 90.0 cm³/mol. The number of hydrogen-bond acceptors (Lipinski definition) is 4. The zero-order valence-corrected chi connectivity index (χ0v) is 13.7. The van der Waals surface area contributed by atoms with Crippen molar-refractivity contribution in [2.24, 2.45) is 11.8 Å². The third-order valence-corrected chi connectivity index (χ3v) is 5.60. The Labute approximate surface area is 139 Å². The van der Waals surface area contributed by atoms with E-state index in [2.05, 4.69) is 0 Å².